The van der Waals surface area contributed by atoms with E-state index in [2.05, 4.69) is 9.97 Å². The number of nitrogens with zero attached hydrogens (tertiary/aromatic N) is 1. The number of carbonyl (C=O) groups excluding carboxylic acids is 1. The Kier molecular flexibility index (Phi) is 5.27. The van der Waals surface area contributed by atoms with E-state index in [0.717, 1.165) is 22.2 Å². The molecule has 2 N–H and O–H groups in total. The predicted molar refractivity (Wildman–Crippen MR) is 103 cm³/mol. The lowest BCUT2D eigenvalue weighted by Gasteiger charge is -2.09. The molecule has 3 rings (SSSR count). The number of aromatic nitrogens is 2. The van der Waals surface area contributed by atoms with Gasteiger partial charge in [0.15, 0.2) is 10.9 Å². The van der Waals surface area contributed by atoms with Gasteiger partial charge in [0.1, 0.15) is 5.75 Å². The van der Waals surface area contributed by atoms with Crippen LogP contribution in [0.4, 0.5) is 0 Å². The van der Waals surface area contributed by atoms with Crippen molar-refractivity contribution in [1.82, 2.24) is 9.97 Å². The minimum Gasteiger partial charge on any atom is -0.507 e. The first-order valence-corrected chi connectivity index (χ1v) is 9.41. The number of hydrogen-bond donors (Lipinski definition) is 2. The van der Waals surface area contributed by atoms with Crippen LogP contribution in [0, 0.1) is 13.8 Å². The molecule has 0 atom stereocenters. The van der Waals surface area contributed by atoms with Crippen LogP contribution in [0.2, 0.25) is 10.0 Å². The van der Waals surface area contributed by atoms with Crippen molar-refractivity contribution in [3.8, 4) is 5.75 Å². The molecule has 0 saturated heterocycles. The van der Waals surface area contributed by atoms with Crippen LogP contribution < -0.4 is 0 Å². The zero-order chi connectivity index (χ0) is 18.1. The molecular weight excluding hydrogens is 379 g/mol. The van der Waals surface area contributed by atoms with E-state index in [1.165, 1.54) is 11.8 Å². The van der Waals surface area contributed by atoms with Crippen molar-refractivity contribution in [3.05, 3.63) is 51.0 Å². The quantitative estimate of drug-likeness (QED) is 0.439. The Labute approximate surface area is 159 Å². The Morgan fingerprint density at radius 2 is 1.96 bits per heavy atom. The monoisotopic (exact) mass is 394 g/mol. The van der Waals surface area contributed by atoms with Crippen molar-refractivity contribution in [2.45, 2.75) is 25.4 Å². The number of fused-ring (bicyclic) bond motifs is 1. The SMILES string of the molecule is Cc1ccc(O)c(C(=O)CCSc2nc3cc(Cl)c(Cl)cc3[nH]2)c1C. The van der Waals surface area contributed by atoms with E-state index in [1.54, 1.807) is 24.3 Å². The van der Waals surface area contributed by atoms with Gasteiger partial charge in [0.05, 0.1) is 26.6 Å². The highest BCUT2D eigenvalue weighted by molar-refractivity contribution is 7.99. The first-order valence-electron chi connectivity index (χ1n) is 7.66. The Hall–Kier alpha value is -1.69. The van der Waals surface area contributed by atoms with Crippen molar-refractivity contribution in [2.24, 2.45) is 0 Å². The van der Waals surface area contributed by atoms with Crippen molar-refractivity contribution >= 4 is 51.8 Å². The number of phenols is 1. The number of halogens is 2. The highest BCUT2D eigenvalue weighted by Gasteiger charge is 2.16. The zero-order valence-electron chi connectivity index (χ0n) is 13.7. The Morgan fingerprint density at radius 3 is 2.72 bits per heavy atom. The number of benzene rings is 2. The molecule has 1 aromatic heterocycles. The van der Waals surface area contributed by atoms with Gasteiger partial charge in [0.25, 0.3) is 0 Å². The third kappa shape index (κ3) is 3.78. The molecule has 130 valence electrons. The van der Waals surface area contributed by atoms with E-state index in [1.807, 2.05) is 13.8 Å². The molecule has 0 fully saturated rings. The molecule has 1 heterocycles. The number of aryl methyl sites for hydroxylation is 1. The molecule has 2 aromatic carbocycles. The number of thioether (sulfide) groups is 1. The Morgan fingerprint density at radius 1 is 1.24 bits per heavy atom. The van der Waals surface area contributed by atoms with Gasteiger partial charge in [-0.05, 0) is 43.2 Å². The number of rotatable bonds is 5. The fourth-order valence-electron chi connectivity index (χ4n) is 2.57. The van der Waals surface area contributed by atoms with Crippen LogP contribution in [-0.2, 0) is 0 Å². The van der Waals surface area contributed by atoms with Crippen LogP contribution in [0.1, 0.15) is 27.9 Å². The van der Waals surface area contributed by atoms with Crippen LogP contribution in [-0.4, -0.2) is 26.6 Å². The van der Waals surface area contributed by atoms with E-state index in [9.17, 15) is 9.90 Å². The second kappa shape index (κ2) is 7.28. The first-order chi connectivity index (χ1) is 11.9. The third-order valence-corrected chi connectivity index (χ3v) is 5.66. The van der Waals surface area contributed by atoms with Crippen LogP contribution in [0.5, 0.6) is 5.75 Å². The molecule has 0 bridgehead atoms. The maximum absolute atomic E-state index is 12.5. The molecule has 0 unspecified atom stereocenters. The second-order valence-corrected chi connectivity index (χ2v) is 7.65. The van der Waals surface area contributed by atoms with E-state index in [-0.39, 0.29) is 11.5 Å². The smallest absolute Gasteiger partial charge is 0.167 e. The van der Waals surface area contributed by atoms with Crippen LogP contribution in [0.25, 0.3) is 11.0 Å². The minimum absolute atomic E-state index is 0.0334. The number of Topliss-reactive ketones (excluding diaryl/α,β-unsaturated/α-hetero) is 1. The molecule has 0 saturated carbocycles. The average molecular weight is 395 g/mol. The number of ketones is 1. The molecule has 0 spiro atoms. The van der Waals surface area contributed by atoms with Gasteiger partial charge in [0.2, 0.25) is 0 Å². The maximum atomic E-state index is 12.5. The summed E-state index contributed by atoms with van der Waals surface area (Å²) in [5.41, 5.74) is 3.75. The lowest BCUT2D eigenvalue weighted by atomic mass is 9.98. The summed E-state index contributed by atoms with van der Waals surface area (Å²) in [6, 6.07) is 6.81. The standard InChI is InChI=1S/C18H16Cl2N2O2S/c1-9-3-4-15(23)17(10(9)2)16(24)5-6-25-18-21-13-7-11(19)12(20)8-14(13)22-18/h3-4,7-8,23H,5-6H2,1-2H3,(H,21,22). The fraction of sp³-hybridized carbons (Fsp3) is 0.222. The van der Waals surface area contributed by atoms with Crippen molar-refractivity contribution in [3.63, 3.8) is 0 Å². The molecule has 25 heavy (non-hydrogen) atoms. The lowest BCUT2D eigenvalue weighted by Crippen LogP contribution is -2.05. The number of hydrogen-bond acceptors (Lipinski definition) is 4. The van der Waals surface area contributed by atoms with Gasteiger partial charge in [-0.2, -0.15) is 0 Å². The number of imidazole rings is 1. The van der Waals surface area contributed by atoms with Gasteiger partial charge in [-0.15, -0.1) is 0 Å². The topological polar surface area (TPSA) is 66.0 Å². The number of H-pyrrole nitrogens is 1. The normalized spacial score (nSPS) is 11.2. The Bertz CT molecular complexity index is 930. The van der Waals surface area contributed by atoms with Crippen LogP contribution >= 0.6 is 35.0 Å². The Balaban J connectivity index is 1.69. The van der Waals surface area contributed by atoms with E-state index in [0.29, 0.717) is 32.9 Å². The highest BCUT2D eigenvalue weighted by atomic mass is 35.5. The highest BCUT2D eigenvalue weighted by Crippen LogP contribution is 2.29. The summed E-state index contributed by atoms with van der Waals surface area (Å²) < 4.78 is 0. The average Bonchev–Trinajstić information content (AvgIpc) is 2.93. The number of aromatic hydroxyl groups is 1. The number of nitrogens with one attached hydrogen (secondary N) is 1. The molecule has 3 aromatic rings. The third-order valence-electron chi connectivity index (χ3n) is 4.06. The maximum Gasteiger partial charge on any atom is 0.167 e. The largest absolute Gasteiger partial charge is 0.507 e. The molecule has 0 radical (unpaired) electrons. The summed E-state index contributed by atoms with van der Waals surface area (Å²) in [7, 11) is 0. The number of carbonyl (C=O) groups is 1. The lowest BCUT2D eigenvalue weighted by molar-refractivity contribution is 0.0986. The van der Waals surface area contributed by atoms with Gasteiger partial charge >= 0.3 is 0 Å². The van der Waals surface area contributed by atoms with Crippen molar-refractivity contribution in [2.75, 3.05) is 5.75 Å². The van der Waals surface area contributed by atoms with E-state index in [4.69, 9.17) is 23.2 Å². The predicted octanol–water partition coefficient (Wildman–Crippen LogP) is 5.56. The molecule has 7 heteroatoms. The van der Waals surface area contributed by atoms with E-state index >= 15 is 0 Å². The molecular formula is C18H16Cl2N2O2S. The van der Waals surface area contributed by atoms with Crippen molar-refractivity contribution < 1.29 is 9.90 Å². The molecule has 0 aliphatic carbocycles. The van der Waals surface area contributed by atoms with Gasteiger partial charge in [0, 0.05) is 12.2 Å². The summed E-state index contributed by atoms with van der Waals surface area (Å²) in [6.45, 7) is 3.77. The summed E-state index contributed by atoms with van der Waals surface area (Å²) in [4.78, 5) is 20.0. The molecule has 0 aliphatic rings. The van der Waals surface area contributed by atoms with Gasteiger partial charge in [-0.1, -0.05) is 41.0 Å². The minimum atomic E-state index is -0.0756. The molecule has 0 amide bonds. The number of phenolic OH excluding ortho intramolecular Hbond substituents is 1. The number of aromatic amines is 1. The van der Waals surface area contributed by atoms with Gasteiger partial charge in [-0.3, -0.25) is 4.79 Å². The molecule has 0 aliphatic heterocycles. The van der Waals surface area contributed by atoms with Gasteiger partial charge < -0.3 is 10.1 Å². The fourth-order valence-corrected chi connectivity index (χ4v) is 3.72. The van der Waals surface area contributed by atoms with Crippen LogP contribution in [0.15, 0.2) is 29.4 Å². The zero-order valence-corrected chi connectivity index (χ0v) is 16.0. The van der Waals surface area contributed by atoms with Gasteiger partial charge in [-0.25, -0.2) is 4.98 Å². The molecule has 4 nitrogen and oxygen atoms in total. The van der Waals surface area contributed by atoms with Crippen LogP contribution in [0.3, 0.4) is 0 Å². The van der Waals surface area contributed by atoms with E-state index < -0.39 is 0 Å². The first kappa shape index (κ1) is 18.1. The van der Waals surface area contributed by atoms with Crippen molar-refractivity contribution in [1.29, 1.82) is 0 Å². The summed E-state index contributed by atoms with van der Waals surface area (Å²) >= 11 is 13.4. The summed E-state index contributed by atoms with van der Waals surface area (Å²) in [5, 5.41) is 11.6. The summed E-state index contributed by atoms with van der Waals surface area (Å²) in [5.74, 6) is 0.506. The second-order valence-electron chi connectivity index (χ2n) is 5.75. The summed E-state index contributed by atoms with van der Waals surface area (Å²) in [6.07, 6.45) is 0.307.